The summed E-state index contributed by atoms with van der Waals surface area (Å²) in [6.07, 6.45) is 0.215. The van der Waals surface area contributed by atoms with E-state index in [4.69, 9.17) is 27.9 Å². The highest BCUT2D eigenvalue weighted by Crippen LogP contribution is 2.21. The Hall–Kier alpha value is -1.69. The van der Waals surface area contributed by atoms with Crippen molar-refractivity contribution in [3.8, 4) is 0 Å². The molecular weight excluding hydrogens is 369 g/mol. The first-order valence-electron chi connectivity index (χ1n) is 7.13. The van der Waals surface area contributed by atoms with E-state index >= 15 is 0 Å². The molecular formula is C17H15Cl2NO3S. The van der Waals surface area contributed by atoms with Crippen molar-refractivity contribution in [2.75, 3.05) is 17.7 Å². The Kier molecular flexibility index (Phi) is 7.43. The highest BCUT2D eigenvalue weighted by Gasteiger charge is 2.09. The van der Waals surface area contributed by atoms with Gasteiger partial charge in [-0.15, -0.1) is 11.8 Å². The fraction of sp³-hybridized carbons (Fsp3) is 0.176. The van der Waals surface area contributed by atoms with Crippen LogP contribution in [0.25, 0.3) is 0 Å². The van der Waals surface area contributed by atoms with E-state index in [1.54, 1.807) is 36.4 Å². The molecule has 2 rings (SSSR count). The van der Waals surface area contributed by atoms with Crippen LogP contribution in [0.4, 0.5) is 5.69 Å². The van der Waals surface area contributed by atoms with Crippen LogP contribution in [0.3, 0.4) is 0 Å². The zero-order chi connectivity index (χ0) is 17.4. The number of nitrogens with one attached hydrogen (secondary N) is 1. The summed E-state index contributed by atoms with van der Waals surface area (Å²) in [5, 5.41) is 3.68. The number of halogens is 2. The van der Waals surface area contributed by atoms with Crippen LogP contribution < -0.4 is 5.32 Å². The second kappa shape index (κ2) is 9.57. The van der Waals surface area contributed by atoms with Crippen molar-refractivity contribution < 1.29 is 14.3 Å². The molecule has 2 aromatic rings. The second-order valence-corrected chi connectivity index (χ2v) is 6.75. The molecule has 0 heterocycles. The first-order chi connectivity index (χ1) is 11.5. The molecule has 0 saturated carbocycles. The Balaban J connectivity index is 1.66. The largest absolute Gasteiger partial charge is 0.456 e. The van der Waals surface area contributed by atoms with Gasteiger partial charge in [0.05, 0.1) is 17.1 Å². The molecule has 4 nitrogen and oxygen atoms in total. The van der Waals surface area contributed by atoms with Gasteiger partial charge in [0.2, 0.25) is 0 Å². The standard InChI is InChI=1S/C17H15Cl2NO3S/c18-12-5-7-13(8-6-12)24-10-9-17(22)23-11-16(21)20-15-4-2-1-3-14(15)19/h1-8H,9-11H2,(H,20,21). The molecule has 24 heavy (non-hydrogen) atoms. The number of esters is 1. The molecule has 2 aromatic carbocycles. The molecule has 0 radical (unpaired) electrons. The molecule has 1 N–H and O–H groups in total. The molecule has 0 atom stereocenters. The van der Waals surface area contributed by atoms with Gasteiger partial charge in [0.15, 0.2) is 6.61 Å². The molecule has 0 aromatic heterocycles. The van der Waals surface area contributed by atoms with E-state index in [1.165, 1.54) is 11.8 Å². The molecule has 0 aliphatic heterocycles. The van der Waals surface area contributed by atoms with Gasteiger partial charge in [-0.1, -0.05) is 35.3 Å². The number of carbonyl (C=O) groups is 2. The molecule has 0 spiro atoms. The van der Waals surface area contributed by atoms with Gasteiger partial charge in [0.1, 0.15) is 0 Å². The summed E-state index contributed by atoms with van der Waals surface area (Å²) in [5.41, 5.74) is 0.485. The van der Waals surface area contributed by atoms with E-state index in [-0.39, 0.29) is 13.0 Å². The maximum Gasteiger partial charge on any atom is 0.307 e. The molecule has 126 valence electrons. The van der Waals surface area contributed by atoms with Gasteiger partial charge < -0.3 is 10.1 Å². The van der Waals surface area contributed by atoms with Gasteiger partial charge >= 0.3 is 5.97 Å². The van der Waals surface area contributed by atoms with Gasteiger partial charge in [-0.05, 0) is 36.4 Å². The third-order valence-corrected chi connectivity index (χ3v) is 4.50. The molecule has 0 fully saturated rings. The minimum atomic E-state index is -0.429. The Morgan fingerprint density at radius 2 is 1.75 bits per heavy atom. The number of benzene rings is 2. The third-order valence-electron chi connectivity index (χ3n) is 2.90. The maximum atomic E-state index is 11.7. The van der Waals surface area contributed by atoms with Crippen LogP contribution in [0.15, 0.2) is 53.4 Å². The number of anilines is 1. The Labute approximate surface area is 154 Å². The summed E-state index contributed by atoms with van der Waals surface area (Å²) in [7, 11) is 0. The molecule has 0 bridgehead atoms. The van der Waals surface area contributed by atoms with Crippen LogP contribution in [0, 0.1) is 0 Å². The number of amides is 1. The quantitative estimate of drug-likeness (QED) is 0.557. The number of hydrogen-bond donors (Lipinski definition) is 1. The normalized spacial score (nSPS) is 10.2. The average molecular weight is 384 g/mol. The van der Waals surface area contributed by atoms with Crippen molar-refractivity contribution in [1.29, 1.82) is 0 Å². The van der Waals surface area contributed by atoms with Crippen molar-refractivity contribution in [2.45, 2.75) is 11.3 Å². The third kappa shape index (κ3) is 6.43. The van der Waals surface area contributed by atoms with E-state index in [1.807, 2.05) is 12.1 Å². The monoisotopic (exact) mass is 383 g/mol. The molecule has 0 aliphatic carbocycles. The predicted octanol–water partition coefficient (Wildman–Crippen LogP) is 4.66. The van der Waals surface area contributed by atoms with E-state index < -0.39 is 11.9 Å². The van der Waals surface area contributed by atoms with Crippen molar-refractivity contribution in [2.24, 2.45) is 0 Å². The molecule has 1 amide bonds. The fourth-order valence-corrected chi connectivity index (χ4v) is 2.89. The number of hydrogen-bond acceptors (Lipinski definition) is 4. The van der Waals surface area contributed by atoms with Crippen molar-refractivity contribution >= 4 is 52.5 Å². The summed E-state index contributed by atoms with van der Waals surface area (Å²) in [4.78, 5) is 24.4. The Bertz CT molecular complexity index is 707. The van der Waals surface area contributed by atoms with Crippen LogP contribution in [0.5, 0.6) is 0 Å². The van der Waals surface area contributed by atoms with E-state index in [0.29, 0.717) is 21.5 Å². The van der Waals surface area contributed by atoms with Gasteiger partial charge in [-0.2, -0.15) is 0 Å². The Morgan fingerprint density at radius 1 is 1.04 bits per heavy atom. The lowest BCUT2D eigenvalue weighted by Crippen LogP contribution is -2.21. The van der Waals surface area contributed by atoms with Crippen molar-refractivity contribution in [3.63, 3.8) is 0 Å². The van der Waals surface area contributed by atoms with Crippen LogP contribution in [0.1, 0.15) is 6.42 Å². The van der Waals surface area contributed by atoms with Crippen molar-refractivity contribution in [1.82, 2.24) is 0 Å². The van der Waals surface area contributed by atoms with Crippen LogP contribution in [0.2, 0.25) is 10.0 Å². The van der Waals surface area contributed by atoms with E-state index in [2.05, 4.69) is 5.32 Å². The maximum absolute atomic E-state index is 11.7. The summed E-state index contributed by atoms with van der Waals surface area (Å²) in [6, 6.07) is 14.2. The predicted molar refractivity (Wildman–Crippen MR) is 97.8 cm³/mol. The van der Waals surface area contributed by atoms with Gasteiger partial charge in [-0.25, -0.2) is 0 Å². The summed E-state index contributed by atoms with van der Waals surface area (Å²) >= 11 is 13.3. The number of carbonyl (C=O) groups excluding carboxylic acids is 2. The van der Waals surface area contributed by atoms with Crippen LogP contribution >= 0.6 is 35.0 Å². The fourth-order valence-electron chi connectivity index (χ4n) is 1.75. The lowest BCUT2D eigenvalue weighted by molar-refractivity contribution is -0.146. The zero-order valence-electron chi connectivity index (χ0n) is 12.6. The Morgan fingerprint density at radius 3 is 2.46 bits per heavy atom. The van der Waals surface area contributed by atoms with Crippen LogP contribution in [-0.4, -0.2) is 24.2 Å². The lowest BCUT2D eigenvalue weighted by atomic mass is 10.3. The summed E-state index contributed by atoms with van der Waals surface area (Å²) < 4.78 is 4.94. The molecule has 0 saturated heterocycles. The second-order valence-electron chi connectivity index (χ2n) is 4.74. The lowest BCUT2D eigenvalue weighted by Gasteiger charge is -2.08. The molecule has 0 aliphatic rings. The van der Waals surface area contributed by atoms with Gasteiger partial charge in [0, 0.05) is 15.7 Å². The number of thioether (sulfide) groups is 1. The van der Waals surface area contributed by atoms with Crippen LogP contribution in [-0.2, 0) is 14.3 Å². The smallest absolute Gasteiger partial charge is 0.307 e. The minimum absolute atomic E-state index is 0.215. The SMILES string of the molecule is O=C(COC(=O)CCSc1ccc(Cl)cc1)Nc1ccccc1Cl. The first kappa shape index (κ1) is 18.6. The number of para-hydroxylation sites is 1. The highest BCUT2D eigenvalue weighted by molar-refractivity contribution is 7.99. The van der Waals surface area contributed by atoms with Gasteiger partial charge in [-0.3, -0.25) is 9.59 Å². The van der Waals surface area contributed by atoms with Gasteiger partial charge in [0.25, 0.3) is 5.91 Å². The summed E-state index contributed by atoms with van der Waals surface area (Å²) in [6.45, 7) is -0.338. The first-order valence-corrected chi connectivity index (χ1v) is 8.87. The zero-order valence-corrected chi connectivity index (χ0v) is 15.0. The average Bonchev–Trinajstić information content (AvgIpc) is 2.57. The summed E-state index contributed by atoms with van der Waals surface area (Å²) in [5.74, 6) is -0.292. The van der Waals surface area contributed by atoms with E-state index in [9.17, 15) is 9.59 Å². The highest BCUT2D eigenvalue weighted by atomic mass is 35.5. The molecule has 7 heteroatoms. The van der Waals surface area contributed by atoms with Crippen molar-refractivity contribution in [3.05, 3.63) is 58.6 Å². The van der Waals surface area contributed by atoms with E-state index in [0.717, 1.165) is 4.90 Å². The number of ether oxygens (including phenoxy) is 1. The topological polar surface area (TPSA) is 55.4 Å². The minimum Gasteiger partial charge on any atom is -0.456 e. The molecule has 0 unspecified atom stereocenters. The number of rotatable bonds is 7.